The van der Waals surface area contributed by atoms with Crippen molar-refractivity contribution in [1.82, 2.24) is 9.91 Å². The Bertz CT molecular complexity index is 623. The lowest BCUT2D eigenvalue weighted by Crippen LogP contribution is -2.42. The average molecular weight is 307 g/mol. The van der Waals surface area contributed by atoms with Gasteiger partial charge in [0.25, 0.3) is 5.91 Å². The SMILES string of the molecule is COC1=C2C(=O)N(COC(=O)C(C)(C)C)C=NN2CC1=C=O. The number of amides is 1. The Balaban J connectivity index is 2.18. The normalized spacial score (nSPS) is 17.6. The smallest absolute Gasteiger partial charge is 0.312 e. The maximum atomic E-state index is 12.4. The second kappa shape index (κ2) is 5.65. The molecule has 2 aliphatic rings. The van der Waals surface area contributed by atoms with Crippen molar-refractivity contribution < 1.29 is 23.9 Å². The quantitative estimate of drug-likeness (QED) is 0.548. The van der Waals surface area contributed by atoms with Gasteiger partial charge in [-0.05, 0) is 20.8 Å². The fraction of sp³-hybridized carbons (Fsp3) is 0.500. The molecule has 0 aromatic rings. The Morgan fingerprint density at radius 1 is 1.45 bits per heavy atom. The number of hydrogen-bond donors (Lipinski definition) is 0. The Kier molecular flexibility index (Phi) is 4.05. The molecule has 2 rings (SSSR count). The van der Waals surface area contributed by atoms with Crippen molar-refractivity contribution in [2.45, 2.75) is 20.8 Å². The Labute approximate surface area is 127 Å². The maximum Gasteiger partial charge on any atom is 0.312 e. The van der Waals surface area contributed by atoms with Crippen molar-refractivity contribution in [1.29, 1.82) is 0 Å². The highest BCUT2D eigenvalue weighted by Gasteiger charge is 2.39. The molecular formula is C14H17N3O5. The second-order valence-corrected chi connectivity index (χ2v) is 5.84. The van der Waals surface area contributed by atoms with Crippen molar-refractivity contribution >= 4 is 24.2 Å². The minimum Gasteiger partial charge on any atom is -0.493 e. The zero-order chi connectivity index (χ0) is 16.5. The van der Waals surface area contributed by atoms with Crippen molar-refractivity contribution in [2.75, 3.05) is 20.4 Å². The third kappa shape index (κ3) is 2.73. The molecule has 0 radical (unpaired) electrons. The van der Waals surface area contributed by atoms with E-state index in [4.69, 9.17) is 9.47 Å². The van der Waals surface area contributed by atoms with Gasteiger partial charge in [-0.3, -0.25) is 14.5 Å². The summed E-state index contributed by atoms with van der Waals surface area (Å²) in [5.41, 5.74) is -0.313. The molecule has 0 aliphatic carbocycles. The van der Waals surface area contributed by atoms with E-state index in [-0.39, 0.29) is 30.3 Å². The zero-order valence-electron chi connectivity index (χ0n) is 12.9. The number of methoxy groups -OCH3 is 1. The number of fused-ring (bicyclic) bond motifs is 1. The van der Waals surface area contributed by atoms with E-state index >= 15 is 0 Å². The molecule has 0 aromatic heterocycles. The number of carbonyl (C=O) groups excluding carboxylic acids is 3. The molecule has 0 aromatic carbocycles. The molecule has 0 atom stereocenters. The van der Waals surface area contributed by atoms with Crippen LogP contribution >= 0.6 is 0 Å². The summed E-state index contributed by atoms with van der Waals surface area (Å²) >= 11 is 0. The number of nitrogens with zero attached hydrogens (tertiary/aromatic N) is 3. The molecule has 0 saturated carbocycles. The molecule has 0 fully saturated rings. The predicted molar refractivity (Wildman–Crippen MR) is 75.7 cm³/mol. The summed E-state index contributed by atoms with van der Waals surface area (Å²) in [5, 5.41) is 5.40. The molecule has 0 spiro atoms. The van der Waals surface area contributed by atoms with Crippen LogP contribution in [0.3, 0.4) is 0 Å². The first-order chi connectivity index (χ1) is 10.3. The van der Waals surface area contributed by atoms with E-state index in [1.165, 1.54) is 18.5 Å². The van der Waals surface area contributed by atoms with Gasteiger partial charge in [0.2, 0.25) is 0 Å². The molecule has 22 heavy (non-hydrogen) atoms. The van der Waals surface area contributed by atoms with Crippen molar-refractivity contribution in [3.63, 3.8) is 0 Å². The summed E-state index contributed by atoms with van der Waals surface area (Å²) in [7, 11) is 1.36. The molecular weight excluding hydrogens is 290 g/mol. The minimum atomic E-state index is -0.667. The molecule has 2 heterocycles. The Morgan fingerprint density at radius 3 is 2.68 bits per heavy atom. The van der Waals surface area contributed by atoms with E-state index in [1.54, 1.807) is 26.7 Å². The van der Waals surface area contributed by atoms with Crippen molar-refractivity contribution in [3.05, 3.63) is 17.0 Å². The molecule has 0 unspecified atom stereocenters. The highest BCUT2D eigenvalue weighted by Crippen LogP contribution is 2.30. The lowest BCUT2D eigenvalue weighted by Gasteiger charge is -2.27. The molecule has 8 nitrogen and oxygen atoms in total. The third-order valence-corrected chi connectivity index (χ3v) is 3.12. The summed E-state index contributed by atoms with van der Waals surface area (Å²) < 4.78 is 10.2. The third-order valence-electron chi connectivity index (χ3n) is 3.12. The first kappa shape index (κ1) is 15.8. The van der Waals surface area contributed by atoms with E-state index in [1.807, 2.05) is 0 Å². The summed E-state index contributed by atoms with van der Waals surface area (Å²) in [6, 6.07) is 0. The van der Waals surface area contributed by atoms with Crippen molar-refractivity contribution in [3.8, 4) is 0 Å². The van der Waals surface area contributed by atoms with Crippen molar-refractivity contribution in [2.24, 2.45) is 10.5 Å². The first-order valence-electron chi connectivity index (χ1n) is 6.62. The standard InChI is InChI=1S/C14H17N3O5/c1-14(2,3)13(20)22-8-16-7-15-17-5-9(6-18)11(21-4)10(17)12(16)19/h7H,5,8H2,1-4H3. The summed E-state index contributed by atoms with van der Waals surface area (Å²) in [6.07, 6.45) is 1.25. The van der Waals surface area contributed by atoms with Crippen LogP contribution in [0.1, 0.15) is 20.8 Å². The summed E-state index contributed by atoms with van der Waals surface area (Å²) in [4.78, 5) is 36.2. The maximum absolute atomic E-state index is 12.4. The van der Waals surface area contributed by atoms with Crippen LogP contribution in [0.15, 0.2) is 22.1 Å². The van der Waals surface area contributed by atoms with E-state index in [0.29, 0.717) is 0 Å². The molecule has 2 aliphatic heterocycles. The molecule has 0 N–H and O–H groups in total. The van der Waals surface area contributed by atoms with E-state index < -0.39 is 17.3 Å². The summed E-state index contributed by atoms with van der Waals surface area (Å²) in [6.45, 7) is 5.01. The van der Waals surface area contributed by atoms with Gasteiger partial charge in [0.15, 0.2) is 18.2 Å². The monoisotopic (exact) mass is 307 g/mol. The fourth-order valence-corrected chi connectivity index (χ4v) is 1.92. The Morgan fingerprint density at radius 2 is 2.14 bits per heavy atom. The lowest BCUT2D eigenvalue weighted by molar-refractivity contribution is -0.157. The van der Waals surface area contributed by atoms with Gasteiger partial charge in [-0.1, -0.05) is 0 Å². The van der Waals surface area contributed by atoms with Crippen LogP contribution in [0.25, 0.3) is 0 Å². The van der Waals surface area contributed by atoms with E-state index in [9.17, 15) is 14.4 Å². The van der Waals surface area contributed by atoms with Crippen LogP contribution in [-0.4, -0.2) is 54.5 Å². The summed E-state index contributed by atoms with van der Waals surface area (Å²) in [5.74, 6) is 0.989. The number of rotatable bonds is 3. The number of ether oxygens (including phenoxy) is 2. The van der Waals surface area contributed by atoms with Crippen LogP contribution in [-0.2, 0) is 23.9 Å². The highest BCUT2D eigenvalue weighted by atomic mass is 16.5. The van der Waals surface area contributed by atoms with Crippen LogP contribution in [0.4, 0.5) is 0 Å². The van der Waals surface area contributed by atoms with Crippen LogP contribution in [0.5, 0.6) is 0 Å². The van der Waals surface area contributed by atoms with Gasteiger partial charge in [0.1, 0.15) is 17.9 Å². The van der Waals surface area contributed by atoms with Crippen LogP contribution in [0, 0.1) is 5.41 Å². The number of hydrogen-bond acceptors (Lipinski definition) is 7. The Hall–Kier alpha value is -2.60. The van der Waals surface area contributed by atoms with Crippen LogP contribution in [0.2, 0.25) is 0 Å². The van der Waals surface area contributed by atoms with Gasteiger partial charge in [0.05, 0.1) is 19.1 Å². The second-order valence-electron chi connectivity index (χ2n) is 5.84. The topological polar surface area (TPSA) is 88.5 Å². The highest BCUT2D eigenvalue weighted by molar-refractivity contribution is 6.03. The number of carbonyl (C=O) groups is 2. The molecule has 0 bridgehead atoms. The molecule has 8 heteroatoms. The van der Waals surface area contributed by atoms with Gasteiger partial charge in [-0.15, -0.1) is 0 Å². The van der Waals surface area contributed by atoms with Gasteiger partial charge in [0, 0.05) is 0 Å². The van der Waals surface area contributed by atoms with Gasteiger partial charge >= 0.3 is 5.97 Å². The van der Waals surface area contributed by atoms with E-state index in [2.05, 4.69) is 5.10 Å². The first-order valence-corrected chi connectivity index (χ1v) is 6.62. The van der Waals surface area contributed by atoms with Crippen LogP contribution < -0.4 is 0 Å². The predicted octanol–water partition coefficient (Wildman–Crippen LogP) is 0.250. The largest absolute Gasteiger partial charge is 0.493 e. The van der Waals surface area contributed by atoms with E-state index in [0.717, 1.165) is 4.90 Å². The molecule has 0 saturated heterocycles. The molecule has 118 valence electrons. The minimum absolute atomic E-state index is 0.125. The van der Waals surface area contributed by atoms with Gasteiger partial charge in [-0.25, -0.2) is 9.80 Å². The number of hydrazone groups is 1. The number of esters is 1. The van der Waals surface area contributed by atoms with Gasteiger partial charge in [-0.2, -0.15) is 5.10 Å². The molecule has 1 amide bonds. The fourth-order valence-electron chi connectivity index (χ4n) is 1.92. The zero-order valence-corrected chi connectivity index (χ0v) is 12.9. The van der Waals surface area contributed by atoms with Gasteiger partial charge < -0.3 is 9.47 Å². The average Bonchev–Trinajstić information content (AvgIpc) is 2.83. The lowest BCUT2D eigenvalue weighted by atomic mass is 9.98.